The van der Waals surface area contributed by atoms with E-state index >= 15 is 0 Å². The van der Waals surface area contributed by atoms with Crippen molar-refractivity contribution in [1.82, 2.24) is 0 Å². The van der Waals surface area contributed by atoms with Crippen LogP contribution in [0.5, 0.6) is 5.75 Å². The van der Waals surface area contributed by atoms with Crippen molar-refractivity contribution >= 4 is 25.1 Å². The molecular weight excluding hydrogens is 264 g/mol. The number of rotatable bonds is 8. The number of hydrogen-bond acceptors (Lipinski definition) is 7. The Balaban J connectivity index is 3.34. The lowest BCUT2D eigenvalue weighted by atomic mass is 9.93. The monoisotopic (exact) mass is 276 g/mol. The normalized spacial score (nSPS) is 11.3. The van der Waals surface area contributed by atoms with E-state index < -0.39 is 11.6 Å². The first kappa shape index (κ1) is 15.4. The molecule has 0 aliphatic rings. The minimum atomic E-state index is -1.95. The molecule has 0 saturated heterocycles. The standard InChI is InChI=1S/C13H12N2O5/c1-20-12-5-3-2-4-11(12)13(8-18,9-19)15-14-10(6-16)7-17/h2-10H,1H3. The Hall–Kier alpha value is -2.70. The van der Waals surface area contributed by atoms with E-state index in [0.717, 1.165) is 0 Å². The lowest BCUT2D eigenvalue weighted by molar-refractivity contribution is -0.122. The van der Waals surface area contributed by atoms with Crippen molar-refractivity contribution in [3.8, 4) is 5.75 Å². The maximum atomic E-state index is 11.3. The van der Waals surface area contributed by atoms with E-state index in [1.54, 1.807) is 18.2 Å². The molecule has 1 aromatic carbocycles. The highest BCUT2D eigenvalue weighted by Gasteiger charge is 2.35. The molecule has 0 amide bonds. The topological polar surface area (TPSA) is 102 Å². The summed E-state index contributed by atoms with van der Waals surface area (Å²) < 4.78 is 5.06. The van der Waals surface area contributed by atoms with Gasteiger partial charge in [-0.15, -0.1) is 0 Å². The second-order valence-electron chi connectivity index (χ2n) is 3.74. The van der Waals surface area contributed by atoms with Crippen LogP contribution in [0.1, 0.15) is 5.56 Å². The summed E-state index contributed by atoms with van der Waals surface area (Å²) in [5.41, 5.74) is -1.77. The van der Waals surface area contributed by atoms with Crippen LogP contribution in [-0.2, 0) is 24.7 Å². The fraction of sp³-hybridized carbons (Fsp3) is 0.231. The van der Waals surface area contributed by atoms with Gasteiger partial charge in [0.2, 0.25) is 5.54 Å². The Morgan fingerprint density at radius 2 is 1.70 bits per heavy atom. The van der Waals surface area contributed by atoms with Gasteiger partial charge in [-0.25, -0.2) is 0 Å². The number of ether oxygens (including phenoxy) is 1. The fourth-order valence-corrected chi connectivity index (χ4v) is 1.48. The summed E-state index contributed by atoms with van der Waals surface area (Å²) >= 11 is 0. The van der Waals surface area contributed by atoms with Gasteiger partial charge in [0.15, 0.2) is 31.2 Å². The first-order valence-electron chi connectivity index (χ1n) is 5.56. The van der Waals surface area contributed by atoms with Crippen molar-refractivity contribution < 1.29 is 23.9 Å². The summed E-state index contributed by atoms with van der Waals surface area (Å²) in [5.74, 6) is 0.263. The molecule has 1 aromatic rings. The van der Waals surface area contributed by atoms with Gasteiger partial charge in [-0.1, -0.05) is 18.2 Å². The number of methoxy groups -OCH3 is 1. The first-order chi connectivity index (χ1) is 9.67. The van der Waals surface area contributed by atoms with Gasteiger partial charge < -0.3 is 14.3 Å². The number of aldehydes is 4. The van der Waals surface area contributed by atoms with Crippen LogP contribution in [0.4, 0.5) is 0 Å². The van der Waals surface area contributed by atoms with E-state index in [2.05, 4.69) is 10.2 Å². The third-order valence-corrected chi connectivity index (χ3v) is 2.53. The third-order valence-electron chi connectivity index (χ3n) is 2.53. The van der Waals surface area contributed by atoms with Crippen molar-refractivity contribution in [3.05, 3.63) is 29.8 Å². The van der Waals surface area contributed by atoms with Crippen LogP contribution in [0.2, 0.25) is 0 Å². The van der Waals surface area contributed by atoms with Crippen molar-refractivity contribution in [2.75, 3.05) is 7.11 Å². The summed E-state index contributed by atoms with van der Waals surface area (Å²) in [7, 11) is 1.37. The Morgan fingerprint density at radius 3 is 2.20 bits per heavy atom. The maximum Gasteiger partial charge on any atom is 0.219 e. The molecule has 0 aliphatic carbocycles. The SMILES string of the molecule is COc1ccccc1C(C=O)(C=O)N=NC(C=O)C=O. The number of carbonyl (C=O) groups is 4. The summed E-state index contributed by atoms with van der Waals surface area (Å²) in [4.78, 5) is 43.6. The highest BCUT2D eigenvalue weighted by Crippen LogP contribution is 2.30. The number of para-hydroxylation sites is 1. The predicted octanol–water partition coefficient (Wildman–Crippen LogP) is 0.507. The second kappa shape index (κ2) is 7.03. The van der Waals surface area contributed by atoms with Crippen LogP contribution in [-0.4, -0.2) is 38.3 Å². The van der Waals surface area contributed by atoms with Gasteiger partial charge in [0.25, 0.3) is 0 Å². The largest absolute Gasteiger partial charge is 0.496 e. The second-order valence-corrected chi connectivity index (χ2v) is 3.74. The molecule has 1 rings (SSSR count). The highest BCUT2D eigenvalue weighted by atomic mass is 16.5. The number of nitrogens with zero attached hydrogens (tertiary/aromatic N) is 2. The van der Waals surface area contributed by atoms with Crippen LogP contribution in [0.3, 0.4) is 0 Å². The molecule has 0 N–H and O–H groups in total. The molecule has 7 nitrogen and oxygen atoms in total. The molecule has 0 aliphatic heterocycles. The van der Waals surface area contributed by atoms with Crippen LogP contribution in [0.15, 0.2) is 34.5 Å². The zero-order chi connectivity index (χ0) is 15.0. The number of benzene rings is 1. The van der Waals surface area contributed by atoms with Gasteiger partial charge in [-0.3, -0.25) is 9.59 Å². The zero-order valence-corrected chi connectivity index (χ0v) is 10.6. The van der Waals surface area contributed by atoms with Gasteiger partial charge in [0, 0.05) is 5.56 Å². The Labute approximate surface area is 114 Å². The van der Waals surface area contributed by atoms with E-state index in [0.29, 0.717) is 0 Å². The van der Waals surface area contributed by atoms with Gasteiger partial charge >= 0.3 is 0 Å². The van der Waals surface area contributed by atoms with Crippen LogP contribution in [0, 0.1) is 0 Å². The smallest absolute Gasteiger partial charge is 0.219 e. The lowest BCUT2D eigenvalue weighted by Crippen LogP contribution is -2.28. The Kier molecular flexibility index (Phi) is 5.40. The van der Waals surface area contributed by atoms with Crippen LogP contribution in [0.25, 0.3) is 0 Å². The van der Waals surface area contributed by atoms with Crippen molar-refractivity contribution in [3.63, 3.8) is 0 Å². The van der Waals surface area contributed by atoms with Crippen molar-refractivity contribution in [2.24, 2.45) is 10.2 Å². The molecule has 0 aromatic heterocycles. The number of carbonyl (C=O) groups excluding carboxylic acids is 4. The molecule has 0 saturated carbocycles. The van der Waals surface area contributed by atoms with Gasteiger partial charge in [0.05, 0.1) is 7.11 Å². The molecule has 7 heteroatoms. The van der Waals surface area contributed by atoms with E-state index in [1.165, 1.54) is 13.2 Å². The predicted molar refractivity (Wildman–Crippen MR) is 67.6 cm³/mol. The molecule has 0 spiro atoms. The summed E-state index contributed by atoms with van der Waals surface area (Å²) in [6.45, 7) is 0. The minimum Gasteiger partial charge on any atom is -0.496 e. The van der Waals surface area contributed by atoms with E-state index in [1.807, 2.05) is 0 Å². The van der Waals surface area contributed by atoms with E-state index in [9.17, 15) is 19.2 Å². The minimum absolute atomic E-state index is 0.173. The molecular formula is C13H12N2O5. The fourth-order valence-electron chi connectivity index (χ4n) is 1.48. The molecule has 104 valence electrons. The molecule has 0 fully saturated rings. The van der Waals surface area contributed by atoms with Gasteiger partial charge in [-0.2, -0.15) is 10.2 Å². The highest BCUT2D eigenvalue weighted by molar-refractivity contribution is 5.92. The van der Waals surface area contributed by atoms with Crippen molar-refractivity contribution in [1.29, 1.82) is 0 Å². The molecule has 0 unspecified atom stereocenters. The number of azo groups is 1. The average Bonchev–Trinajstić information content (AvgIpc) is 2.52. The lowest BCUT2D eigenvalue weighted by Gasteiger charge is -2.18. The Morgan fingerprint density at radius 1 is 1.10 bits per heavy atom. The molecule has 0 heterocycles. The van der Waals surface area contributed by atoms with Crippen LogP contribution < -0.4 is 4.74 Å². The third kappa shape index (κ3) is 3.00. The number of hydrogen-bond donors (Lipinski definition) is 0. The quantitative estimate of drug-likeness (QED) is 0.391. The first-order valence-corrected chi connectivity index (χ1v) is 5.56. The Bertz CT molecular complexity index is 525. The van der Waals surface area contributed by atoms with Crippen molar-refractivity contribution in [2.45, 2.75) is 11.6 Å². The molecule has 20 heavy (non-hydrogen) atoms. The molecule has 0 atom stereocenters. The van der Waals surface area contributed by atoms with Gasteiger partial charge in [-0.05, 0) is 6.07 Å². The summed E-state index contributed by atoms with van der Waals surface area (Å²) in [5, 5.41) is 6.96. The van der Waals surface area contributed by atoms with Crippen LogP contribution >= 0.6 is 0 Å². The summed E-state index contributed by atoms with van der Waals surface area (Å²) in [6, 6.07) is 4.90. The zero-order valence-electron chi connectivity index (χ0n) is 10.6. The van der Waals surface area contributed by atoms with E-state index in [4.69, 9.17) is 4.74 Å². The maximum absolute atomic E-state index is 11.3. The van der Waals surface area contributed by atoms with Gasteiger partial charge in [0.1, 0.15) is 5.75 Å². The summed E-state index contributed by atoms with van der Waals surface area (Å²) in [6.07, 6.45) is 1.04. The molecule has 0 radical (unpaired) electrons. The van der Waals surface area contributed by atoms with E-state index in [-0.39, 0.29) is 36.5 Å². The average molecular weight is 276 g/mol. The molecule has 0 bridgehead atoms.